The lowest BCUT2D eigenvalue weighted by atomic mass is 9.92. The molecule has 0 radical (unpaired) electrons. The van der Waals surface area contributed by atoms with Gasteiger partial charge in [-0.25, -0.2) is 0 Å². The molecule has 0 spiro atoms. The Morgan fingerprint density at radius 3 is 3.09 bits per heavy atom. The summed E-state index contributed by atoms with van der Waals surface area (Å²) >= 11 is 0. The van der Waals surface area contributed by atoms with Crippen molar-refractivity contribution in [1.82, 2.24) is 16.1 Å². The Labute approximate surface area is 133 Å². The van der Waals surface area contributed by atoms with E-state index in [-0.39, 0.29) is 6.23 Å². The number of ether oxygens (including phenoxy) is 1. The summed E-state index contributed by atoms with van der Waals surface area (Å²) in [4.78, 5) is 7.47. The zero-order valence-corrected chi connectivity index (χ0v) is 13.9. The van der Waals surface area contributed by atoms with E-state index < -0.39 is 0 Å². The largest absolute Gasteiger partial charge is 0.383 e. The Morgan fingerprint density at radius 2 is 2.32 bits per heavy atom. The number of quaternary nitrogens is 2. The lowest BCUT2D eigenvalue weighted by Crippen LogP contribution is -3.12. The molecule has 0 aromatic rings. The molecule has 0 aliphatic carbocycles. The number of methoxy groups -OCH3 is 1. The average Bonchev–Trinajstić information content (AvgIpc) is 3.16. The van der Waals surface area contributed by atoms with Crippen molar-refractivity contribution in [2.75, 3.05) is 40.4 Å². The maximum Gasteiger partial charge on any atom is 0.183 e. The third-order valence-corrected chi connectivity index (χ3v) is 5.48. The topological polar surface area (TPSA) is 75.6 Å². The number of likely N-dealkylation sites (N-methyl/N-ethyl adjacent to an activating group) is 1. The molecule has 0 aromatic heterocycles. The Balaban J connectivity index is 1.45. The van der Waals surface area contributed by atoms with E-state index >= 15 is 0 Å². The van der Waals surface area contributed by atoms with Gasteiger partial charge in [0.1, 0.15) is 12.2 Å². The minimum Gasteiger partial charge on any atom is -0.383 e. The van der Waals surface area contributed by atoms with Crippen molar-refractivity contribution in [1.29, 1.82) is 0 Å². The number of nitrogens with one attached hydrogen (secondary N) is 4. The van der Waals surface area contributed by atoms with E-state index in [2.05, 4.69) is 28.5 Å². The number of hydrogen-bond acceptors (Lipinski definition) is 5. The van der Waals surface area contributed by atoms with Crippen molar-refractivity contribution in [3.63, 3.8) is 0 Å². The summed E-state index contributed by atoms with van der Waals surface area (Å²) in [5.74, 6) is 0.622. The van der Waals surface area contributed by atoms with Crippen molar-refractivity contribution >= 4 is 0 Å². The Hall–Kier alpha value is -0.280. The van der Waals surface area contributed by atoms with Gasteiger partial charge in [0.2, 0.25) is 0 Å². The smallest absolute Gasteiger partial charge is 0.183 e. The molecule has 0 amide bonds. The highest BCUT2D eigenvalue weighted by atomic mass is 16.7. The maximum atomic E-state index is 5.87. The Bertz CT molecular complexity index is 346. The van der Waals surface area contributed by atoms with Gasteiger partial charge in [0, 0.05) is 45.3 Å². The number of rotatable bonds is 6. The standard InChI is InChI=1S/C15H31N5O2/c1-20-8-3-4-12(20)15-18-14(19-22-15)11-5-6-16-13(10-11)17-7-9-21-2/h11-19H,3-10H2,1-2H3/p+2. The summed E-state index contributed by atoms with van der Waals surface area (Å²) in [6.45, 7) is 4.14. The van der Waals surface area contributed by atoms with Crippen LogP contribution in [0.1, 0.15) is 25.7 Å². The summed E-state index contributed by atoms with van der Waals surface area (Å²) in [6, 6.07) is 0.586. The monoisotopic (exact) mass is 315 g/mol. The number of hydrogen-bond donors (Lipinski definition) is 5. The molecule has 128 valence electrons. The number of piperidine rings is 1. The summed E-state index contributed by atoms with van der Waals surface area (Å²) in [5.41, 5.74) is 3.27. The summed E-state index contributed by atoms with van der Waals surface area (Å²) in [6.07, 6.45) is 5.92. The fourth-order valence-electron chi connectivity index (χ4n) is 4.13. The molecule has 6 N–H and O–H groups in total. The van der Waals surface area contributed by atoms with Crippen LogP contribution < -0.4 is 26.3 Å². The van der Waals surface area contributed by atoms with E-state index in [9.17, 15) is 0 Å². The summed E-state index contributed by atoms with van der Waals surface area (Å²) in [5, 5.41) is 9.68. The van der Waals surface area contributed by atoms with E-state index in [1.54, 1.807) is 12.0 Å². The Kier molecular flexibility index (Phi) is 6.03. The predicted molar refractivity (Wildman–Crippen MR) is 82.9 cm³/mol. The van der Waals surface area contributed by atoms with Crippen LogP contribution in [0.15, 0.2) is 0 Å². The van der Waals surface area contributed by atoms with Gasteiger partial charge < -0.3 is 15.0 Å². The van der Waals surface area contributed by atoms with Crippen LogP contribution in [0.25, 0.3) is 0 Å². The normalized spacial score (nSPS) is 42.8. The molecule has 6 unspecified atom stereocenters. The number of nitrogens with two attached hydrogens (primary N) is 1. The molecule has 7 heteroatoms. The molecule has 6 atom stereocenters. The van der Waals surface area contributed by atoms with Crippen molar-refractivity contribution < 1.29 is 19.8 Å². The quantitative estimate of drug-likeness (QED) is 0.337. The molecule has 3 rings (SSSR count). The van der Waals surface area contributed by atoms with Gasteiger partial charge in [-0.2, -0.15) is 5.48 Å². The molecule has 22 heavy (non-hydrogen) atoms. The lowest BCUT2D eigenvalue weighted by molar-refractivity contribution is -0.896. The van der Waals surface area contributed by atoms with Crippen LogP contribution in [0.2, 0.25) is 0 Å². The third kappa shape index (κ3) is 3.97. The van der Waals surface area contributed by atoms with E-state index in [4.69, 9.17) is 9.57 Å². The Morgan fingerprint density at radius 1 is 1.41 bits per heavy atom. The molecule has 0 saturated carbocycles. The molecule has 0 aromatic carbocycles. The summed E-state index contributed by atoms with van der Waals surface area (Å²) < 4.78 is 5.12. The number of likely N-dealkylation sites (tertiary alicyclic amines) is 1. The first-order chi connectivity index (χ1) is 10.8. The van der Waals surface area contributed by atoms with Crippen LogP contribution in [-0.2, 0) is 9.57 Å². The minimum absolute atomic E-state index is 0.165. The maximum absolute atomic E-state index is 5.87. The van der Waals surface area contributed by atoms with E-state index in [0.717, 1.165) is 19.6 Å². The van der Waals surface area contributed by atoms with E-state index in [0.29, 0.717) is 24.3 Å². The van der Waals surface area contributed by atoms with Crippen LogP contribution in [0, 0.1) is 5.92 Å². The van der Waals surface area contributed by atoms with Crippen LogP contribution in [-0.4, -0.2) is 65.0 Å². The van der Waals surface area contributed by atoms with Crippen LogP contribution in [0.3, 0.4) is 0 Å². The highest BCUT2D eigenvalue weighted by molar-refractivity contribution is 4.84. The fourth-order valence-corrected chi connectivity index (χ4v) is 4.13. The SMILES string of the molecule is COCCNC1CC(C2NOC(C3CCC[NH+]3C)N2)CC[NH2+]1. The van der Waals surface area contributed by atoms with Gasteiger partial charge in [-0.15, -0.1) is 0 Å². The second-order valence-corrected chi connectivity index (χ2v) is 7.01. The van der Waals surface area contributed by atoms with E-state index in [1.807, 2.05) is 0 Å². The number of hydroxylamine groups is 1. The second-order valence-electron chi connectivity index (χ2n) is 7.01. The first-order valence-corrected chi connectivity index (χ1v) is 8.83. The van der Waals surface area contributed by atoms with Crippen LogP contribution >= 0.6 is 0 Å². The van der Waals surface area contributed by atoms with Crippen molar-refractivity contribution in [3.05, 3.63) is 0 Å². The zero-order chi connectivity index (χ0) is 15.4. The highest BCUT2D eigenvalue weighted by Crippen LogP contribution is 2.20. The molecule has 3 heterocycles. The molecule has 3 fully saturated rings. The molecule has 3 aliphatic rings. The first kappa shape index (κ1) is 16.6. The van der Waals surface area contributed by atoms with Gasteiger partial charge in [-0.1, -0.05) is 0 Å². The van der Waals surface area contributed by atoms with Gasteiger partial charge in [-0.3, -0.25) is 15.5 Å². The van der Waals surface area contributed by atoms with Crippen molar-refractivity contribution in [2.45, 2.75) is 50.3 Å². The first-order valence-electron chi connectivity index (χ1n) is 8.83. The molecular formula is C15H33N5O2+2. The third-order valence-electron chi connectivity index (χ3n) is 5.48. The zero-order valence-electron chi connectivity index (χ0n) is 13.9. The molecule has 3 aliphatic heterocycles. The van der Waals surface area contributed by atoms with Crippen molar-refractivity contribution in [2.24, 2.45) is 5.92 Å². The molecule has 7 nitrogen and oxygen atoms in total. The summed E-state index contributed by atoms with van der Waals surface area (Å²) in [7, 11) is 4.03. The molecule has 0 bridgehead atoms. The van der Waals surface area contributed by atoms with Crippen LogP contribution in [0.4, 0.5) is 0 Å². The molecular weight excluding hydrogens is 282 g/mol. The second kappa shape index (κ2) is 8.01. The minimum atomic E-state index is 0.165. The van der Waals surface area contributed by atoms with Gasteiger partial charge in [0.25, 0.3) is 0 Å². The fraction of sp³-hybridized carbons (Fsp3) is 1.00. The van der Waals surface area contributed by atoms with Gasteiger partial charge >= 0.3 is 0 Å². The van der Waals surface area contributed by atoms with Gasteiger partial charge in [0.05, 0.1) is 32.9 Å². The predicted octanol–water partition coefficient (Wildman–Crippen LogP) is -3.02. The van der Waals surface area contributed by atoms with Crippen LogP contribution in [0.5, 0.6) is 0 Å². The van der Waals surface area contributed by atoms with Gasteiger partial charge in [-0.05, 0) is 0 Å². The average molecular weight is 315 g/mol. The van der Waals surface area contributed by atoms with Crippen molar-refractivity contribution in [3.8, 4) is 0 Å². The van der Waals surface area contributed by atoms with E-state index in [1.165, 1.54) is 32.4 Å². The lowest BCUT2D eigenvalue weighted by Gasteiger charge is -2.31. The highest BCUT2D eigenvalue weighted by Gasteiger charge is 2.42. The molecule has 3 saturated heterocycles. The van der Waals surface area contributed by atoms with Gasteiger partial charge in [0.15, 0.2) is 6.23 Å².